The van der Waals surface area contributed by atoms with Crippen LogP contribution in [0, 0.1) is 0 Å². The number of guanidine groups is 1. The molecule has 10 heteroatoms. The standard InChI is InChI=1S/C12H18ClN3O.H2O4S/c1-2-17-11-6-5-9(8-10(11)13)4-3-7-16-12(14)15;1-5(2,3)4/h5-6,8H,2-4,7H2,1H3,(H4,14,15,16);(H2,1,2,3,4). The molecule has 0 fully saturated rings. The largest absolute Gasteiger partial charge is 0.492 e. The molecule has 0 atom stereocenters. The summed E-state index contributed by atoms with van der Waals surface area (Å²) in [7, 11) is -4.67. The maximum atomic E-state index is 8.74. The summed E-state index contributed by atoms with van der Waals surface area (Å²) in [6, 6.07) is 5.82. The lowest BCUT2D eigenvalue weighted by molar-refractivity contribution is 0.340. The van der Waals surface area contributed by atoms with Crippen molar-refractivity contribution in [1.29, 1.82) is 0 Å². The van der Waals surface area contributed by atoms with Gasteiger partial charge in [-0.2, -0.15) is 8.42 Å². The van der Waals surface area contributed by atoms with Crippen LogP contribution >= 0.6 is 11.6 Å². The Hall–Kier alpha value is -1.55. The first kappa shape index (κ1) is 20.5. The van der Waals surface area contributed by atoms with Crippen LogP contribution in [-0.2, 0) is 16.8 Å². The minimum absolute atomic E-state index is 0.134. The highest BCUT2D eigenvalue weighted by Crippen LogP contribution is 2.25. The lowest BCUT2D eigenvalue weighted by atomic mass is 10.1. The third kappa shape index (κ3) is 12.2. The number of hydrogen-bond acceptors (Lipinski definition) is 4. The van der Waals surface area contributed by atoms with Gasteiger partial charge in [0.2, 0.25) is 0 Å². The number of benzene rings is 1. The topological polar surface area (TPSA) is 148 Å². The van der Waals surface area contributed by atoms with Gasteiger partial charge in [0.05, 0.1) is 11.6 Å². The van der Waals surface area contributed by atoms with Gasteiger partial charge in [-0.05, 0) is 37.5 Å². The molecule has 0 radical (unpaired) electrons. The van der Waals surface area contributed by atoms with E-state index >= 15 is 0 Å². The first-order valence-corrected chi connectivity index (χ1v) is 8.07. The monoisotopic (exact) mass is 353 g/mol. The summed E-state index contributed by atoms with van der Waals surface area (Å²) in [5.41, 5.74) is 11.6. The molecule has 0 aliphatic rings. The Kier molecular flexibility index (Phi) is 9.50. The van der Waals surface area contributed by atoms with Crippen LogP contribution in [0.4, 0.5) is 0 Å². The van der Waals surface area contributed by atoms with Gasteiger partial charge in [0, 0.05) is 6.54 Å². The molecule has 6 N–H and O–H groups in total. The molecule has 0 saturated carbocycles. The number of hydrogen-bond donors (Lipinski definition) is 4. The minimum Gasteiger partial charge on any atom is -0.492 e. The van der Waals surface area contributed by atoms with Gasteiger partial charge in [0.1, 0.15) is 5.75 Å². The van der Waals surface area contributed by atoms with E-state index in [0.29, 0.717) is 18.2 Å². The second kappa shape index (κ2) is 10.2. The molecule has 1 aromatic carbocycles. The molecule has 0 heterocycles. The normalized spacial score (nSPS) is 10.4. The van der Waals surface area contributed by atoms with Crippen molar-refractivity contribution in [1.82, 2.24) is 0 Å². The van der Waals surface area contributed by atoms with E-state index in [1.54, 1.807) is 0 Å². The zero-order valence-corrected chi connectivity index (χ0v) is 13.6. The van der Waals surface area contributed by atoms with Crippen molar-refractivity contribution >= 4 is 28.0 Å². The van der Waals surface area contributed by atoms with Gasteiger partial charge < -0.3 is 16.2 Å². The van der Waals surface area contributed by atoms with Crippen LogP contribution in [0.3, 0.4) is 0 Å². The highest BCUT2D eigenvalue weighted by Gasteiger charge is 2.02. The van der Waals surface area contributed by atoms with Crippen molar-refractivity contribution < 1.29 is 22.3 Å². The fourth-order valence-electron chi connectivity index (χ4n) is 1.46. The predicted molar refractivity (Wildman–Crippen MR) is 85.8 cm³/mol. The zero-order chi connectivity index (χ0) is 17.2. The van der Waals surface area contributed by atoms with Crippen LogP contribution in [0.5, 0.6) is 5.75 Å². The Morgan fingerprint density at radius 2 is 1.95 bits per heavy atom. The van der Waals surface area contributed by atoms with E-state index in [1.165, 1.54) is 0 Å². The Morgan fingerprint density at radius 1 is 1.36 bits per heavy atom. The van der Waals surface area contributed by atoms with Crippen LogP contribution in [0.15, 0.2) is 23.2 Å². The molecule has 8 nitrogen and oxygen atoms in total. The van der Waals surface area contributed by atoms with E-state index in [9.17, 15) is 0 Å². The van der Waals surface area contributed by atoms with E-state index in [1.807, 2.05) is 25.1 Å². The molecule has 1 rings (SSSR count). The Labute approximate surface area is 134 Å². The molecule has 1 aromatic rings. The van der Waals surface area contributed by atoms with Gasteiger partial charge in [-0.15, -0.1) is 0 Å². The molecule has 0 saturated heterocycles. The van der Waals surface area contributed by atoms with Gasteiger partial charge in [0.25, 0.3) is 0 Å². The van der Waals surface area contributed by atoms with Crippen LogP contribution < -0.4 is 16.2 Å². The Balaban J connectivity index is 0.000000763. The zero-order valence-electron chi connectivity index (χ0n) is 12.1. The second-order valence-corrected chi connectivity index (χ2v) is 5.36. The number of nitrogens with two attached hydrogens (primary N) is 2. The predicted octanol–water partition coefficient (Wildman–Crippen LogP) is 1.29. The quantitative estimate of drug-likeness (QED) is 0.260. The van der Waals surface area contributed by atoms with Gasteiger partial charge in [-0.3, -0.25) is 14.1 Å². The van der Waals surface area contributed by atoms with Crippen molar-refractivity contribution in [2.75, 3.05) is 13.2 Å². The lowest BCUT2D eigenvalue weighted by Crippen LogP contribution is -2.23. The number of ether oxygens (including phenoxy) is 1. The molecule has 0 bridgehead atoms. The van der Waals surface area contributed by atoms with E-state index in [-0.39, 0.29) is 5.96 Å². The number of aryl methyl sites for hydroxylation is 1. The molecule has 0 unspecified atom stereocenters. The number of halogens is 1. The summed E-state index contributed by atoms with van der Waals surface area (Å²) in [6.45, 7) is 3.18. The number of nitrogens with zero attached hydrogens (tertiary/aromatic N) is 1. The summed E-state index contributed by atoms with van der Waals surface area (Å²) >= 11 is 6.08. The highest BCUT2D eigenvalue weighted by atomic mass is 35.5. The summed E-state index contributed by atoms with van der Waals surface area (Å²) in [5.74, 6) is 0.858. The molecular formula is C12H20ClN3O5S. The number of aliphatic imine (C=N–C) groups is 1. The SMILES string of the molecule is CCOc1ccc(CCCN=C(N)N)cc1Cl.O=S(=O)(O)O. The Morgan fingerprint density at radius 3 is 2.41 bits per heavy atom. The van der Waals surface area contributed by atoms with Gasteiger partial charge in [0.15, 0.2) is 5.96 Å². The summed E-state index contributed by atoms with van der Waals surface area (Å²) in [5, 5.41) is 0.645. The van der Waals surface area contributed by atoms with Crippen LogP contribution in [0.2, 0.25) is 5.02 Å². The van der Waals surface area contributed by atoms with Crippen molar-refractivity contribution in [2.45, 2.75) is 19.8 Å². The van der Waals surface area contributed by atoms with Crippen LogP contribution in [0.1, 0.15) is 18.9 Å². The summed E-state index contributed by atoms with van der Waals surface area (Å²) in [6.07, 6.45) is 1.78. The van der Waals surface area contributed by atoms with Gasteiger partial charge >= 0.3 is 10.4 Å². The van der Waals surface area contributed by atoms with E-state index in [0.717, 1.165) is 24.2 Å². The smallest absolute Gasteiger partial charge is 0.394 e. The van der Waals surface area contributed by atoms with E-state index < -0.39 is 10.4 Å². The first-order valence-electron chi connectivity index (χ1n) is 6.30. The third-order valence-corrected chi connectivity index (χ3v) is 2.51. The van der Waals surface area contributed by atoms with Crippen LogP contribution in [-0.4, -0.2) is 36.6 Å². The molecule has 126 valence electrons. The maximum absolute atomic E-state index is 8.74. The van der Waals surface area contributed by atoms with Crippen molar-refractivity contribution in [2.24, 2.45) is 16.5 Å². The molecular weight excluding hydrogens is 334 g/mol. The summed E-state index contributed by atoms with van der Waals surface area (Å²) < 4.78 is 36.9. The molecule has 0 aromatic heterocycles. The molecule has 0 amide bonds. The van der Waals surface area contributed by atoms with Gasteiger partial charge in [-0.1, -0.05) is 17.7 Å². The van der Waals surface area contributed by atoms with Crippen molar-refractivity contribution in [3.05, 3.63) is 28.8 Å². The molecule has 0 aliphatic heterocycles. The molecule has 22 heavy (non-hydrogen) atoms. The lowest BCUT2D eigenvalue weighted by Gasteiger charge is -2.07. The average molecular weight is 354 g/mol. The maximum Gasteiger partial charge on any atom is 0.394 e. The van der Waals surface area contributed by atoms with Crippen molar-refractivity contribution in [3.8, 4) is 5.75 Å². The minimum atomic E-state index is -4.67. The number of rotatable bonds is 6. The average Bonchev–Trinajstić information content (AvgIpc) is 2.36. The van der Waals surface area contributed by atoms with E-state index in [4.69, 9.17) is 45.3 Å². The highest BCUT2D eigenvalue weighted by molar-refractivity contribution is 7.79. The van der Waals surface area contributed by atoms with E-state index in [2.05, 4.69) is 4.99 Å². The Bertz CT molecular complexity index is 580. The second-order valence-electron chi connectivity index (χ2n) is 4.06. The molecule has 0 aliphatic carbocycles. The third-order valence-electron chi connectivity index (χ3n) is 2.21. The van der Waals surface area contributed by atoms with Crippen molar-refractivity contribution in [3.63, 3.8) is 0 Å². The van der Waals surface area contributed by atoms with Gasteiger partial charge in [-0.25, -0.2) is 0 Å². The summed E-state index contributed by atoms with van der Waals surface area (Å²) in [4.78, 5) is 3.92. The fraction of sp³-hybridized carbons (Fsp3) is 0.417. The first-order chi connectivity index (χ1) is 10.1. The van der Waals surface area contributed by atoms with Crippen LogP contribution in [0.25, 0.3) is 0 Å². The fourth-order valence-corrected chi connectivity index (χ4v) is 1.72. The molecule has 0 spiro atoms.